The number of hydrogen-bond donors (Lipinski definition) is 1. The second-order valence-corrected chi connectivity index (χ2v) is 7.48. The maximum Gasteiger partial charge on any atom is 0.260 e. The molecule has 0 saturated carbocycles. The van der Waals surface area contributed by atoms with E-state index in [1.54, 1.807) is 4.90 Å². The lowest BCUT2D eigenvalue weighted by Crippen LogP contribution is -2.51. The van der Waals surface area contributed by atoms with Crippen LogP contribution in [0.25, 0.3) is 0 Å². The van der Waals surface area contributed by atoms with Gasteiger partial charge in [0.05, 0.1) is 0 Å². The van der Waals surface area contributed by atoms with Gasteiger partial charge in [0.15, 0.2) is 6.61 Å². The molecule has 0 radical (unpaired) electrons. The highest BCUT2D eigenvalue weighted by atomic mass is 16.5. The fraction of sp³-hybridized carbons (Fsp3) is 0.619. The van der Waals surface area contributed by atoms with Crippen LogP contribution in [0.5, 0.6) is 5.75 Å². The average Bonchev–Trinajstić information content (AvgIpc) is 2.65. The molecule has 0 bridgehead atoms. The zero-order chi connectivity index (χ0) is 19.1. The molecule has 0 aromatic heterocycles. The molecule has 5 nitrogen and oxygen atoms in total. The molecule has 2 atom stereocenters. The molecular weight excluding hydrogens is 328 g/mol. The molecule has 1 fully saturated rings. The van der Waals surface area contributed by atoms with Crippen LogP contribution in [0, 0.1) is 5.92 Å². The van der Waals surface area contributed by atoms with E-state index >= 15 is 0 Å². The minimum atomic E-state index is -0.0403. The number of rotatable bonds is 7. The van der Waals surface area contributed by atoms with Gasteiger partial charge in [-0.15, -0.1) is 0 Å². The van der Waals surface area contributed by atoms with Gasteiger partial charge in [-0.3, -0.25) is 9.59 Å². The summed E-state index contributed by atoms with van der Waals surface area (Å²) in [6.45, 7) is 9.39. The smallest absolute Gasteiger partial charge is 0.260 e. The van der Waals surface area contributed by atoms with Gasteiger partial charge in [0.2, 0.25) is 5.91 Å². The summed E-state index contributed by atoms with van der Waals surface area (Å²) in [5.41, 5.74) is 1.14. The predicted octanol–water partition coefficient (Wildman–Crippen LogP) is 3.34. The van der Waals surface area contributed by atoms with E-state index in [1.165, 1.54) is 0 Å². The lowest BCUT2D eigenvalue weighted by Gasteiger charge is -2.33. The lowest BCUT2D eigenvalue weighted by molar-refractivity contribution is -0.135. The number of nitrogens with zero attached hydrogens (tertiary/aromatic N) is 1. The first-order chi connectivity index (χ1) is 12.4. The molecule has 1 aromatic carbocycles. The van der Waals surface area contributed by atoms with Crippen LogP contribution >= 0.6 is 0 Å². The lowest BCUT2D eigenvalue weighted by atomic mass is 9.98. The van der Waals surface area contributed by atoms with Crippen LogP contribution in [0.4, 0.5) is 0 Å². The van der Waals surface area contributed by atoms with Crippen LogP contribution in [-0.4, -0.2) is 42.5 Å². The van der Waals surface area contributed by atoms with E-state index in [-0.39, 0.29) is 30.4 Å². The summed E-state index contributed by atoms with van der Waals surface area (Å²) in [7, 11) is 0. The first-order valence-electron chi connectivity index (χ1n) is 9.72. The number of ether oxygens (including phenoxy) is 1. The van der Waals surface area contributed by atoms with Gasteiger partial charge in [0, 0.05) is 25.0 Å². The fourth-order valence-corrected chi connectivity index (χ4v) is 3.16. The van der Waals surface area contributed by atoms with Crippen molar-refractivity contribution in [3.63, 3.8) is 0 Å². The van der Waals surface area contributed by atoms with Crippen molar-refractivity contribution in [1.29, 1.82) is 0 Å². The molecule has 1 aromatic rings. The first kappa shape index (κ1) is 20.3. The molecule has 1 heterocycles. The van der Waals surface area contributed by atoms with Crippen LogP contribution in [0.1, 0.15) is 58.4 Å². The Morgan fingerprint density at radius 2 is 2.00 bits per heavy atom. The molecule has 26 heavy (non-hydrogen) atoms. The van der Waals surface area contributed by atoms with Crippen LogP contribution in [0.2, 0.25) is 0 Å². The number of benzene rings is 1. The van der Waals surface area contributed by atoms with Gasteiger partial charge in [-0.1, -0.05) is 45.9 Å². The number of hydrogen-bond acceptors (Lipinski definition) is 3. The van der Waals surface area contributed by atoms with Gasteiger partial charge in [-0.05, 0) is 36.8 Å². The zero-order valence-electron chi connectivity index (χ0n) is 16.5. The molecule has 1 aliphatic heterocycles. The summed E-state index contributed by atoms with van der Waals surface area (Å²) < 4.78 is 5.85. The summed E-state index contributed by atoms with van der Waals surface area (Å²) in [6, 6.07) is 7.96. The minimum Gasteiger partial charge on any atom is -0.483 e. The summed E-state index contributed by atoms with van der Waals surface area (Å²) in [5.74, 6) is 1.17. The largest absolute Gasteiger partial charge is 0.483 e. The third-order valence-electron chi connectivity index (χ3n) is 5.06. The summed E-state index contributed by atoms with van der Waals surface area (Å²) in [4.78, 5) is 26.3. The molecule has 2 unspecified atom stereocenters. The van der Waals surface area contributed by atoms with Gasteiger partial charge in [-0.25, -0.2) is 0 Å². The topological polar surface area (TPSA) is 58.6 Å². The van der Waals surface area contributed by atoms with E-state index in [1.807, 2.05) is 32.0 Å². The maximum atomic E-state index is 12.6. The molecule has 0 spiro atoms. The summed E-state index contributed by atoms with van der Waals surface area (Å²) in [5, 5.41) is 3.03. The Hall–Kier alpha value is -2.04. The molecule has 1 N–H and O–H groups in total. The molecule has 5 heteroatoms. The highest BCUT2D eigenvalue weighted by Crippen LogP contribution is 2.28. The SMILES string of the molecule is CCC(C)c1ccccc1OCC(=O)N1CCCC(NC(=O)C(C)C)C1. The van der Waals surface area contributed by atoms with Gasteiger partial charge in [0.1, 0.15) is 5.75 Å². The van der Waals surface area contributed by atoms with Crippen LogP contribution in [0.15, 0.2) is 24.3 Å². The second kappa shape index (κ2) is 9.60. The van der Waals surface area contributed by atoms with E-state index in [2.05, 4.69) is 25.2 Å². The zero-order valence-corrected chi connectivity index (χ0v) is 16.5. The first-order valence-corrected chi connectivity index (χ1v) is 9.72. The van der Waals surface area contributed by atoms with Gasteiger partial charge >= 0.3 is 0 Å². The van der Waals surface area contributed by atoms with Crippen molar-refractivity contribution in [2.24, 2.45) is 5.92 Å². The summed E-state index contributed by atoms with van der Waals surface area (Å²) >= 11 is 0. The van der Waals surface area contributed by atoms with E-state index < -0.39 is 0 Å². The highest BCUT2D eigenvalue weighted by Gasteiger charge is 2.25. The van der Waals surface area contributed by atoms with E-state index in [0.717, 1.165) is 37.1 Å². The van der Waals surface area contributed by atoms with Gasteiger partial charge in [0.25, 0.3) is 5.91 Å². The van der Waals surface area contributed by atoms with Crippen LogP contribution < -0.4 is 10.1 Å². The Bertz CT molecular complexity index is 615. The number of likely N-dealkylation sites (tertiary alicyclic amines) is 1. The molecule has 2 rings (SSSR count). The minimum absolute atomic E-state index is 0.0209. The number of carbonyl (C=O) groups is 2. The van der Waals surface area contributed by atoms with Crippen LogP contribution in [0.3, 0.4) is 0 Å². The molecule has 1 saturated heterocycles. The summed E-state index contributed by atoms with van der Waals surface area (Å²) in [6.07, 6.45) is 2.84. The van der Waals surface area contributed by atoms with E-state index in [4.69, 9.17) is 4.74 Å². The van der Waals surface area contributed by atoms with Crippen molar-refractivity contribution in [2.75, 3.05) is 19.7 Å². The Balaban J connectivity index is 1.91. The third-order valence-corrected chi connectivity index (χ3v) is 5.06. The molecule has 2 amide bonds. The maximum absolute atomic E-state index is 12.6. The van der Waals surface area contributed by atoms with E-state index in [9.17, 15) is 9.59 Å². The Morgan fingerprint density at radius 3 is 2.69 bits per heavy atom. The monoisotopic (exact) mass is 360 g/mol. The fourth-order valence-electron chi connectivity index (χ4n) is 3.16. The van der Waals surface area contributed by atoms with Crippen molar-refractivity contribution in [2.45, 2.75) is 58.9 Å². The number of carbonyl (C=O) groups excluding carboxylic acids is 2. The Kier molecular flexibility index (Phi) is 7.49. The molecule has 0 aliphatic carbocycles. The van der Waals surface area contributed by atoms with Crippen molar-refractivity contribution in [3.05, 3.63) is 29.8 Å². The quantitative estimate of drug-likeness (QED) is 0.811. The van der Waals surface area contributed by atoms with Gasteiger partial charge in [-0.2, -0.15) is 0 Å². The van der Waals surface area contributed by atoms with E-state index in [0.29, 0.717) is 12.5 Å². The number of amides is 2. The Labute approximate surface area is 157 Å². The molecule has 1 aliphatic rings. The number of piperidine rings is 1. The van der Waals surface area contributed by atoms with Gasteiger partial charge < -0.3 is 15.0 Å². The standard InChI is InChI=1S/C21H32N2O3/c1-5-16(4)18-10-6-7-11-19(18)26-14-20(24)23-12-8-9-17(13-23)22-21(25)15(2)3/h6-7,10-11,15-17H,5,8-9,12-14H2,1-4H3,(H,22,25). The molecule has 144 valence electrons. The highest BCUT2D eigenvalue weighted by molar-refractivity contribution is 5.79. The molecular formula is C21H32N2O3. The second-order valence-electron chi connectivity index (χ2n) is 7.48. The Morgan fingerprint density at radius 1 is 1.27 bits per heavy atom. The number of nitrogens with one attached hydrogen (secondary N) is 1. The van der Waals surface area contributed by atoms with Crippen molar-refractivity contribution in [1.82, 2.24) is 10.2 Å². The average molecular weight is 360 g/mol. The normalized spacial score (nSPS) is 18.5. The van der Waals surface area contributed by atoms with Crippen molar-refractivity contribution >= 4 is 11.8 Å². The third kappa shape index (κ3) is 5.48. The van der Waals surface area contributed by atoms with Crippen molar-refractivity contribution < 1.29 is 14.3 Å². The van der Waals surface area contributed by atoms with Crippen LogP contribution in [-0.2, 0) is 9.59 Å². The number of para-hydroxylation sites is 1. The van der Waals surface area contributed by atoms with Crippen molar-refractivity contribution in [3.8, 4) is 5.75 Å². The predicted molar refractivity (Wildman–Crippen MR) is 103 cm³/mol.